The third-order valence-corrected chi connectivity index (χ3v) is 5.41. The Hall–Kier alpha value is -2.19. The number of nitrogens with one attached hydrogen (secondary N) is 2. The summed E-state index contributed by atoms with van der Waals surface area (Å²) in [5, 5.41) is 10.7. The second kappa shape index (κ2) is 9.34. The molecule has 0 amide bonds. The Morgan fingerprint density at radius 2 is 1.50 bits per heavy atom. The van der Waals surface area contributed by atoms with Gasteiger partial charge in [0.2, 0.25) is 0 Å². The monoisotopic (exact) mass is 407 g/mol. The lowest BCUT2D eigenvalue weighted by molar-refractivity contribution is 0.446. The molecule has 3 rings (SSSR count). The maximum Gasteiger partial charge on any atom is 0.253 e. The molecule has 0 aliphatic heterocycles. The molecule has 0 aromatic heterocycles. The van der Waals surface area contributed by atoms with Gasteiger partial charge in [0.15, 0.2) is 10.9 Å². The van der Waals surface area contributed by atoms with E-state index in [1.54, 1.807) is 0 Å². The Bertz CT molecular complexity index is 958. The van der Waals surface area contributed by atoms with Crippen molar-refractivity contribution < 1.29 is 8.42 Å². The Morgan fingerprint density at radius 3 is 2.07 bits per heavy atom. The highest BCUT2D eigenvalue weighted by molar-refractivity contribution is 7.69. The zero-order valence-corrected chi connectivity index (χ0v) is 17.5. The number of aryl methyl sites for hydroxylation is 1. The molecule has 1 aliphatic carbocycles. The van der Waals surface area contributed by atoms with Crippen molar-refractivity contribution in [3.05, 3.63) is 49.8 Å². The van der Waals surface area contributed by atoms with E-state index < -0.39 is 21.7 Å². The Balaban J connectivity index is 0.000000640. The number of anilines is 3. The van der Waals surface area contributed by atoms with E-state index in [1.807, 2.05) is 32.0 Å². The fourth-order valence-electron chi connectivity index (χ4n) is 3.59. The maximum atomic E-state index is 12.1. The zero-order chi connectivity index (χ0) is 20.9. The number of hydrogen-bond donors (Lipinski definition) is 4. The fraction of sp³-hybridized carbons (Fsp3) is 0.500. The van der Waals surface area contributed by atoms with Gasteiger partial charge in [0.25, 0.3) is 10.9 Å². The summed E-state index contributed by atoms with van der Waals surface area (Å²) in [6.07, 6.45) is 6.90. The molecule has 0 unspecified atom stereocenters. The van der Waals surface area contributed by atoms with E-state index in [-0.39, 0.29) is 5.54 Å². The average molecular weight is 408 g/mol. The molecule has 0 bridgehead atoms. The lowest BCUT2D eigenvalue weighted by Crippen LogP contribution is -2.43. The molecule has 0 radical (unpaired) electrons. The van der Waals surface area contributed by atoms with E-state index in [0.29, 0.717) is 11.4 Å². The highest BCUT2D eigenvalue weighted by atomic mass is 32.2. The van der Waals surface area contributed by atoms with Crippen molar-refractivity contribution in [1.82, 2.24) is 0 Å². The van der Waals surface area contributed by atoms with Crippen molar-refractivity contribution in [2.45, 2.75) is 64.8 Å². The normalized spacial score (nSPS) is 16.2. The quantitative estimate of drug-likeness (QED) is 0.351. The first-order chi connectivity index (χ1) is 13.1. The molecule has 1 fully saturated rings. The van der Waals surface area contributed by atoms with Gasteiger partial charge in [-0.2, -0.15) is 0 Å². The lowest BCUT2D eigenvalue weighted by atomic mass is 9.91. The summed E-state index contributed by atoms with van der Waals surface area (Å²) in [5.74, 6) is 0. The zero-order valence-electron chi connectivity index (χ0n) is 16.6. The standard InChI is InChI=1S/C20H26N2O2.H3NO2S/c1-13-9-8-10-15(14(13)2)21-16-17(19(24)18(16)23)22-20(3)11-6-4-5-7-12-20;1-4(2)3/h8-10,21-22H,4-7,11-12H2,1-3H3;4H,(H2,1,2,3). The van der Waals surface area contributed by atoms with Crippen LogP contribution in [-0.4, -0.2) is 14.0 Å². The Labute approximate surface area is 167 Å². The summed E-state index contributed by atoms with van der Waals surface area (Å²) in [5.41, 5.74) is 3.10. The van der Waals surface area contributed by atoms with Crippen molar-refractivity contribution >= 4 is 28.0 Å². The van der Waals surface area contributed by atoms with Gasteiger partial charge < -0.3 is 10.6 Å². The van der Waals surface area contributed by atoms with Gasteiger partial charge in [-0.15, -0.1) is 0 Å². The van der Waals surface area contributed by atoms with Crippen LogP contribution in [0, 0.1) is 13.8 Å². The van der Waals surface area contributed by atoms with Gasteiger partial charge >= 0.3 is 0 Å². The highest BCUT2D eigenvalue weighted by Crippen LogP contribution is 2.32. The second-order valence-corrected chi connectivity index (χ2v) is 8.24. The van der Waals surface area contributed by atoms with Crippen molar-refractivity contribution in [1.29, 1.82) is 0 Å². The van der Waals surface area contributed by atoms with E-state index in [0.717, 1.165) is 29.7 Å². The summed E-state index contributed by atoms with van der Waals surface area (Å²) in [4.78, 5) is 24.2. The van der Waals surface area contributed by atoms with E-state index in [1.165, 1.54) is 25.7 Å². The fourth-order valence-corrected chi connectivity index (χ4v) is 3.59. The molecule has 7 nitrogen and oxygen atoms in total. The third kappa shape index (κ3) is 5.42. The van der Waals surface area contributed by atoms with Crippen LogP contribution in [0.5, 0.6) is 0 Å². The molecule has 28 heavy (non-hydrogen) atoms. The van der Waals surface area contributed by atoms with Crippen molar-refractivity contribution in [3.8, 4) is 0 Å². The second-order valence-electron chi connectivity index (χ2n) is 7.67. The summed E-state index contributed by atoms with van der Waals surface area (Å²) in [7, 11) is -2.62. The molecule has 0 saturated heterocycles. The minimum absolute atomic E-state index is 0.100. The Morgan fingerprint density at radius 1 is 0.964 bits per heavy atom. The SMILES string of the molecule is Cc1cccc(Nc2c(NC3(C)CCCCCC3)c(=O)c2=O)c1C.N[SH](=O)=O. The molecule has 154 valence electrons. The van der Waals surface area contributed by atoms with Crippen LogP contribution in [0.2, 0.25) is 0 Å². The van der Waals surface area contributed by atoms with Crippen LogP contribution in [0.25, 0.3) is 0 Å². The maximum absolute atomic E-state index is 12.1. The molecule has 1 aliphatic rings. The van der Waals surface area contributed by atoms with Gasteiger partial charge in [-0.05, 0) is 50.8 Å². The highest BCUT2D eigenvalue weighted by Gasteiger charge is 2.31. The van der Waals surface area contributed by atoms with Crippen LogP contribution in [0.3, 0.4) is 0 Å². The predicted molar refractivity (Wildman–Crippen MR) is 115 cm³/mol. The van der Waals surface area contributed by atoms with Gasteiger partial charge in [0, 0.05) is 11.2 Å². The minimum atomic E-state index is -2.62. The number of hydrogen-bond acceptors (Lipinski definition) is 6. The molecule has 1 saturated carbocycles. The van der Waals surface area contributed by atoms with Crippen molar-refractivity contribution in [2.75, 3.05) is 10.6 Å². The number of thiol groups is 1. The molecule has 8 heteroatoms. The first-order valence-corrected chi connectivity index (χ1v) is 10.7. The molecular weight excluding hydrogens is 378 g/mol. The molecular formula is C20H29N3O4S. The van der Waals surface area contributed by atoms with Gasteiger partial charge in [-0.25, -0.2) is 13.6 Å². The van der Waals surface area contributed by atoms with E-state index in [2.05, 4.69) is 22.7 Å². The molecule has 0 heterocycles. The number of rotatable bonds is 4. The minimum Gasteiger partial charge on any atom is -0.375 e. The van der Waals surface area contributed by atoms with Crippen LogP contribution in [-0.2, 0) is 10.9 Å². The molecule has 2 aromatic rings. The largest absolute Gasteiger partial charge is 0.375 e. The van der Waals surface area contributed by atoms with E-state index in [4.69, 9.17) is 8.42 Å². The van der Waals surface area contributed by atoms with Crippen molar-refractivity contribution in [2.24, 2.45) is 5.14 Å². The van der Waals surface area contributed by atoms with Crippen LogP contribution in [0.15, 0.2) is 27.8 Å². The molecule has 0 spiro atoms. The first kappa shape index (κ1) is 22.1. The van der Waals surface area contributed by atoms with Crippen LogP contribution >= 0.6 is 0 Å². The van der Waals surface area contributed by atoms with Crippen LogP contribution < -0.4 is 26.6 Å². The van der Waals surface area contributed by atoms with Gasteiger partial charge in [0.1, 0.15) is 11.4 Å². The summed E-state index contributed by atoms with van der Waals surface area (Å²) in [6, 6.07) is 5.93. The number of benzene rings is 1. The van der Waals surface area contributed by atoms with Crippen LogP contribution in [0.4, 0.5) is 17.1 Å². The smallest absolute Gasteiger partial charge is 0.253 e. The molecule has 2 aromatic carbocycles. The molecule has 0 atom stereocenters. The summed E-state index contributed by atoms with van der Waals surface area (Å²) in [6.45, 7) is 6.22. The summed E-state index contributed by atoms with van der Waals surface area (Å²) < 4.78 is 17.6. The first-order valence-electron chi connectivity index (χ1n) is 9.48. The van der Waals surface area contributed by atoms with Crippen LogP contribution in [0.1, 0.15) is 56.6 Å². The Kier molecular flexibility index (Phi) is 7.37. The topological polar surface area (TPSA) is 118 Å². The van der Waals surface area contributed by atoms with E-state index in [9.17, 15) is 9.59 Å². The van der Waals surface area contributed by atoms with E-state index >= 15 is 0 Å². The summed E-state index contributed by atoms with van der Waals surface area (Å²) >= 11 is 0. The van der Waals surface area contributed by atoms with Gasteiger partial charge in [-0.3, -0.25) is 9.59 Å². The predicted octanol–water partition coefficient (Wildman–Crippen LogP) is 2.64. The van der Waals surface area contributed by atoms with Gasteiger partial charge in [0.05, 0.1) is 0 Å². The number of nitrogens with two attached hydrogens (primary N) is 1. The lowest BCUT2D eigenvalue weighted by Gasteiger charge is -2.32. The van der Waals surface area contributed by atoms with Crippen molar-refractivity contribution in [3.63, 3.8) is 0 Å². The third-order valence-electron chi connectivity index (χ3n) is 5.41. The molecule has 4 N–H and O–H groups in total. The van der Waals surface area contributed by atoms with Gasteiger partial charge in [-0.1, -0.05) is 37.8 Å². The average Bonchev–Trinajstić information content (AvgIpc) is 2.85.